The number of hydrogen-bond donors (Lipinski definition) is 1. The number of thioether (sulfide) groups is 1. The summed E-state index contributed by atoms with van der Waals surface area (Å²) in [5.74, 6) is -0.599. The van der Waals surface area contributed by atoms with Gasteiger partial charge in [0.25, 0.3) is 5.91 Å². The van der Waals surface area contributed by atoms with Crippen LogP contribution >= 0.6 is 23.4 Å². The zero-order valence-electron chi connectivity index (χ0n) is 17.7. The summed E-state index contributed by atoms with van der Waals surface area (Å²) in [5, 5.41) is 3.37. The fourth-order valence-electron chi connectivity index (χ4n) is 4.28. The number of halogens is 1. The summed E-state index contributed by atoms with van der Waals surface area (Å²) in [6.45, 7) is 1.80. The van der Waals surface area contributed by atoms with E-state index in [4.69, 9.17) is 11.6 Å². The highest BCUT2D eigenvalue weighted by Gasteiger charge is 2.61. The van der Waals surface area contributed by atoms with Crippen LogP contribution in [0.4, 0.5) is 17.1 Å². The van der Waals surface area contributed by atoms with Gasteiger partial charge in [-0.3, -0.25) is 24.2 Å². The number of benzene rings is 3. The van der Waals surface area contributed by atoms with Gasteiger partial charge in [-0.2, -0.15) is 0 Å². The van der Waals surface area contributed by atoms with Crippen LogP contribution in [0, 0.1) is 6.92 Å². The molecule has 0 saturated carbocycles. The third kappa shape index (κ3) is 3.57. The van der Waals surface area contributed by atoms with Gasteiger partial charge in [-0.25, -0.2) is 0 Å². The van der Waals surface area contributed by atoms with Crippen LogP contribution in [0.5, 0.6) is 0 Å². The number of hydrogen-bond acceptors (Lipinski definition) is 4. The number of para-hydroxylation sites is 1. The highest BCUT2D eigenvalue weighted by molar-refractivity contribution is 8.02. The fraction of sp³-hybridized carbons (Fsp3) is 0.160. The van der Waals surface area contributed by atoms with Crippen molar-refractivity contribution < 1.29 is 14.4 Å². The maximum Gasteiger partial charge on any atom is 0.269 e. The minimum Gasteiger partial charge on any atom is -0.325 e. The zero-order valence-corrected chi connectivity index (χ0v) is 19.3. The number of anilines is 3. The van der Waals surface area contributed by atoms with Crippen LogP contribution in [0.15, 0.2) is 72.8 Å². The van der Waals surface area contributed by atoms with Crippen molar-refractivity contribution in [1.82, 2.24) is 0 Å². The predicted octanol–water partition coefficient (Wildman–Crippen LogP) is 4.57. The van der Waals surface area contributed by atoms with E-state index in [9.17, 15) is 14.4 Å². The maximum atomic E-state index is 13.9. The van der Waals surface area contributed by atoms with Crippen LogP contribution in [-0.2, 0) is 19.3 Å². The number of carbonyl (C=O) groups is 3. The van der Waals surface area contributed by atoms with Crippen molar-refractivity contribution in [1.29, 1.82) is 0 Å². The van der Waals surface area contributed by atoms with Crippen LogP contribution in [0.1, 0.15) is 11.1 Å². The van der Waals surface area contributed by atoms with E-state index in [-0.39, 0.29) is 30.0 Å². The number of rotatable bonds is 4. The average molecular weight is 478 g/mol. The summed E-state index contributed by atoms with van der Waals surface area (Å²) < 4.78 is 0. The van der Waals surface area contributed by atoms with E-state index in [1.807, 2.05) is 55.5 Å². The molecule has 1 atom stereocenters. The second kappa shape index (κ2) is 8.24. The second-order valence-electron chi connectivity index (χ2n) is 7.96. The average Bonchev–Trinajstić information content (AvgIpc) is 3.27. The molecule has 0 unspecified atom stereocenters. The smallest absolute Gasteiger partial charge is 0.269 e. The van der Waals surface area contributed by atoms with Gasteiger partial charge in [0.15, 0.2) is 0 Å². The van der Waals surface area contributed by atoms with Crippen molar-refractivity contribution in [3.63, 3.8) is 0 Å². The van der Waals surface area contributed by atoms with Crippen molar-refractivity contribution in [2.75, 3.05) is 27.4 Å². The number of nitrogens with one attached hydrogen (secondary N) is 1. The quantitative estimate of drug-likeness (QED) is 0.597. The maximum absolute atomic E-state index is 13.9. The third-order valence-electron chi connectivity index (χ3n) is 5.79. The molecule has 0 aromatic heterocycles. The van der Waals surface area contributed by atoms with Crippen molar-refractivity contribution in [2.24, 2.45) is 0 Å². The SMILES string of the molecule is Cc1ccc(N2C(=O)CS[C@]23C(=O)N(CC(=O)Nc2ccc(Cl)cc2)c2ccccc23)cc1. The fourth-order valence-corrected chi connectivity index (χ4v) is 5.77. The molecule has 0 radical (unpaired) electrons. The van der Waals surface area contributed by atoms with Crippen molar-refractivity contribution in [3.8, 4) is 0 Å². The van der Waals surface area contributed by atoms with Crippen LogP contribution in [0.25, 0.3) is 0 Å². The largest absolute Gasteiger partial charge is 0.325 e. The van der Waals surface area contributed by atoms with Crippen LogP contribution in [0.2, 0.25) is 5.02 Å². The molecule has 2 aliphatic heterocycles. The molecule has 5 rings (SSSR count). The van der Waals surface area contributed by atoms with Gasteiger partial charge in [0, 0.05) is 22.0 Å². The first-order valence-corrected chi connectivity index (χ1v) is 11.8. The molecular formula is C25H20ClN3O3S. The van der Waals surface area contributed by atoms with Crippen LogP contribution in [-0.4, -0.2) is 30.0 Å². The molecule has 1 saturated heterocycles. The molecule has 3 aromatic carbocycles. The standard InChI is InChI=1S/C25H20ClN3O3S/c1-16-6-12-19(13-7-16)29-23(31)15-33-25(29)20-4-2-3-5-21(20)28(24(25)32)14-22(30)27-18-10-8-17(26)9-11-18/h2-13H,14-15H2,1H3,(H,27,30)/t25-/m1/s1. The molecule has 3 aromatic rings. The van der Waals surface area contributed by atoms with Gasteiger partial charge in [0.2, 0.25) is 16.7 Å². The van der Waals surface area contributed by atoms with E-state index in [1.165, 1.54) is 16.7 Å². The van der Waals surface area contributed by atoms with Gasteiger partial charge in [0.1, 0.15) is 6.54 Å². The second-order valence-corrected chi connectivity index (χ2v) is 9.57. The van der Waals surface area contributed by atoms with Gasteiger partial charge < -0.3 is 5.32 Å². The van der Waals surface area contributed by atoms with Gasteiger partial charge >= 0.3 is 0 Å². The number of amides is 3. The predicted molar refractivity (Wildman–Crippen MR) is 132 cm³/mol. The van der Waals surface area contributed by atoms with Crippen molar-refractivity contribution >= 4 is 58.1 Å². The van der Waals surface area contributed by atoms with E-state index in [2.05, 4.69) is 5.32 Å². The first-order chi connectivity index (χ1) is 15.9. The molecule has 1 spiro atoms. The molecule has 6 nitrogen and oxygen atoms in total. The third-order valence-corrected chi connectivity index (χ3v) is 7.42. The Bertz CT molecular complexity index is 1260. The number of nitrogens with zero attached hydrogens (tertiary/aromatic N) is 2. The minimum atomic E-state index is -1.23. The number of carbonyl (C=O) groups excluding carboxylic acids is 3. The zero-order chi connectivity index (χ0) is 23.2. The molecule has 0 bridgehead atoms. The molecule has 8 heteroatoms. The molecular weight excluding hydrogens is 458 g/mol. The van der Waals surface area contributed by atoms with E-state index < -0.39 is 4.87 Å². The monoisotopic (exact) mass is 477 g/mol. The van der Waals surface area contributed by atoms with Gasteiger partial charge in [-0.15, -0.1) is 11.8 Å². The van der Waals surface area contributed by atoms with E-state index in [1.54, 1.807) is 29.2 Å². The Balaban J connectivity index is 1.50. The number of fused-ring (bicyclic) bond motifs is 2. The normalized spacial score (nSPS) is 19.3. The molecule has 33 heavy (non-hydrogen) atoms. The first kappa shape index (κ1) is 21.6. The summed E-state index contributed by atoms with van der Waals surface area (Å²) >= 11 is 7.21. The lowest BCUT2D eigenvalue weighted by Crippen LogP contribution is -2.50. The Morgan fingerprint density at radius 1 is 1.03 bits per heavy atom. The molecule has 3 amide bonds. The Kier molecular flexibility index (Phi) is 5.38. The van der Waals surface area contributed by atoms with Gasteiger partial charge in [-0.05, 0) is 49.4 Å². The molecule has 1 fully saturated rings. The lowest BCUT2D eigenvalue weighted by Gasteiger charge is -2.33. The Morgan fingerprint density at radius 2 is 1.73 bits per heavy atom. The first-order valence-electron chi connectivity index (χ1n) is 10.4. The van der Waals surface area contributed by atoms with E-state index in [0.29, 0.717) is 27.6 Å². The Morgan fingerprint density at radius 3 is 2.45 bits per heavy atom. The summed E-state index contributed by atoms with van der Waals surface area (Å²) in [6, 6.07) is 21.7. The Labute approximate surface area is 200 Å². The topological polar surface area (TPSA) is 69.7 Å². The molecule has 2 heterocycles. The van der Waals surface area contributed by atoms with Gasteiger partial charge in [0.05, 0.1) is 11.4 Å². The lowest BCUT2D eigenvalue weighted by molar-refractivity contribution is -0.124. The molecule has 2 aliphatic rings. The summed E-state index contributed by atoms with van der Waals surface area (Å²) in [6.07, 6.45) is 0. The van der Waals surface area contributed by atoms with Crippen LogP contribution < -0.4 is 15.1 Å². The molecule has 1 N–H and O–H groups in total. The minimum absolute atomic E-state index is 0.139. The number of aryl methyl sites for hydroxylation is 1. The van der Waals surface area contributed by atoms with E-state index in [0.717, 1.165) is 5.56 Å². The lowest BCUT2D eigenvalue weighted by atomic mass is 10.0. The van der Waals surface area contributed by atoms with Gasteiger partial charge in [-0.1, -0.05) is 47.5 Å². The van der Waals surface area contributed by atoms with Crippen molar-refractivity contribution in [3.05, 3.63) is 88.9 Å². The molecule has 166 valence electrons. The van der Waals surface area contributed by atoms with Crippen molar-refractivity contribution in [2.45, 2.75) is 11.8 Å². The van der Waals surface area contributed by atoms with E-state index >= 15 is 0 Å². The summed E-state index contributed by atoms with van der Waals surface area (Å²) in [4.78, 5) is 41.6. The van der Waals surface area contributed by atoms with Crippen LogP contribution in [0.3, 0.4) is 0 Å². The molecule has 0 aliphatic carbocycles. The Hall–Kier alpha value is -3.29. The highest BCUT2D eigenvalue weighted by atomic mass is 35.5. The summed E-state index contributed by atoms with van der Waals surface area (Å²) in [5.41, 5.74) is 3.65. The summed E-state index contributed by atoms with van der Waals surface area (Å²) in [7, 11) is 0. The highest BCUT2D eigenvalue weighted by Crippen LogP contribution is 2.55.